The van der Waals surface area contributed by atoms with Crippen molar-refractivity contribution in [1.82, 2.24) is 25.5 Å². The van der Waals surface area contributed by atoms with Gasteiger partial charge in [-0.2, -0.15) is 0 Å². The van der Waals surface area contributed by atoms with Gasteiger partial charge in [-0.15, -0.1) is 0 Å². The Morgan fingerprint density at radius 3 is 3.14 bits per heavy atom. The molecule has 1 aliphatic rings. The van der Waals surface area contributed by atoms with Crippen LogP contribution >= 0.6 is 0 Å². The molecule has 0 aliphatic carbocycles. The normalized spacial score (nSPS) is 22.7. The van der Waals surface area contributed by atoms with Crippen molar-refractivity contribution in [3.05, 3.63) is 0 Å². The van der Waals surface area contributed by atoms with E-state index in [9.17, 15) is 5.11 Å². The Morgan fingerprint density at radius 1 is 1.64 bits per heavy atom. The van der Waals surface area contributed by atoms with E-state index in [0.29, 0.717) is 5.95 Å². The van der Waals surface area contributed by atoms with E-state index < -0.39 is 0 Å². The van der Waals surface area contributed by atoms with Crippen LogP contribution in [0.15, 0.2) is 0 Å². The summed E-state index contributed by atoms with van der Waals surface area (Å²) < 4.78 is 1.62. The molecule has 1 aromatic rings. The lowest BCUT2D eigenvalue weighted by atomic mass is 10.2. The van der Waals surface area contributed by atoms with Gasteiger partial charge in [0.05, 0.1) is 12.6 Å². The summed E-state index contributed by atoms with van der Waals surface area (Å²) in [5.41, 5.74) is 0. The standard InChI is InChI=1S/C7H14N6O/c1-12-7(9-10-11-12)13-3-2-8-4-6(13)5-14/h6,8,14H,2-5H2,1H3/t6-/m0/s1. The van der Waals surface area contributed by atoms with Crippen molar-refractivity contribution in [3.63, 3.8) is 0 Å². The lowest BCUT2D eigenvalue weighted by Crippen LogP contribution is -2.54. The number of tetrazole rings is 1. The average molecular weight is 198 g/mol. The Labute approximate surface area is 81.7 Å². The van der Waals surface area contributed by atoms with Crippen LogP contribution in [0.4, 0.5) is 5.95 Å². The third-order valence-electron chi connectivity index (χ3n) is 2.42. The first-order chi connectivity index (χ1) is 6.83. The van der Waals surface area contributed by atoms with Crippen molar-refractivity contribution in [1.29, 1.82) is 0 Å². The minimum absolute atomic E-state index is 0.0634. The number of aliphatic hydroxyl groups is 1. The van der Waals surface area contributed by atoms with Crippen molar-refractivity contribution in [3.8, 4) is 0 Å². The summed E-state index contributed by atoms with van der Waals surface area (Å²) >= 11 is 0. The lowest BCUT2D eigenvalue weighted by Gasteiger charge is -2.34. The highest BCUT2D eigenvalue weighted by Crippen LogP contribution is 2.12. The molecule has 0 spiro atoms. The number of hydrogen-bond donors (Lipinski definition) is 2. The molecule has 0 saturated carbocycles. The predicted molar refractivity (Wildman–Crippen MR) is 49.9 cm³/mol. The molecule has 1 saturated heterocycles. The van der Waals surface area contributed by atoms with Crippen LogP contribution < -0.4 is 10.2 Å². The molecular formula is C7H14N6O. The summed E-state index contributed by atoms with van der Waals surface area (Å²) in [6.45, 7) is 2.59. The van der Waals surface area contributed by atoms with Crippen LogP contribution in [-0.2, 0) is 7.05 Å². The van der Waals surface area contributed by atoms with Crippen LogP contribution in [0.5, 0.6) is 0 Å². The van der Waals surface area contributed by atoms with E-state index in [2.05, 4.69) is 20.8 Å². The van der Waals surface area contributed by atoms with Gasteiger partial charge in [0.25, 0.3) is 0 Å². The summed E-state index contributed by atoms with van der Waals surface area (Å²) in [7, 11) is 1.80. The number of nitrogens with zero attached hydrogens (tertiary/aromatic N) is 5. The van der Waals surface area contributed by atoms with Crippen molar-refractivity contribution in [2.45, 2.75) is 6.04 Å². The monoisotopic (exact) mass is 198 g/mol. The minimum atomic E-state index is 0.0634. The molecule has 0 aromatic carbocycles. The molecule has 14 heavy (non-hydrogen) atoms. The number of piperazine rings is 1. The molecule has 2 heterocycles. The number of aryl methyl sites for hydroxylation is 1. The number of rotatable bonds is 2. The summed E-state index contributed by atoms with van der Waals surface area (Å²) in [5.74, 6) is 0.713. The Balaban J connectivity index is 2.19. The second-order valence-corrected chi connectivity index (χ2v) is 3.34. The van der Waals surface area contributed by atoms with Crippen molar-refractivity contribution in [2.75, 3.05) is 31.1 Å². The van der Waals surface area contributed by atoms with Gasteiger partial charge in [0.2, 0.25) is 5.95 Å². The summed E-state index contributed by atoms with van der Waals surface area (Å²) in [6, 6.07) is 0.0634. The summed E-state index contributed by atoms with van der Waals surface area (Å²) in [4.78, 5) is 2.02. The molecule has 1 fully saturated rings. The highest BCUT2D eigenvalue weighted by molar-refractivity contribution is 5.31. The van der Waals surface area contributed by atoms with E-state index >= 15 is 0 Å². The van der Waals surface area contributed by atoms with Crippen LogP contribution in [0.2, 0.25) is 0 Å². The van der Waals surface area contributed by atoms with E-state index in [4.69, 9.17) is 0 Å². The Hall–Kier alpha value is -1.21. The maximum absolute atomic E-state index is 9.19. The van der Waals surface area contributed by atoms with E-state index in [1.165, 1.54) is 0 Å². The van der Waals surface area contributed by atoms with Gasteiger partial charge < -0.3 is 15.3 Å². The fraction of sp³-hybridized carbons (Fsp3) is 0.857. The molecule has 0 bridgehead atoms. The first-order valence-electron chi connectivity index (χ1n) is 4.63. The van der Waals surface area contributed by atoms with Gasteiger partial charge in [-0.3, -0.25) is 0 Å². The molecule has 0 unspecified atom stereocenters. The largest absolute Gasteiger partial charge is 0.394 e. The molecule has 7 heteroatoms. The van der Waals surface area contributed by atoms with E-state index in [0.717, 1.165) is 19.6 Å². The van der Waals surface area contributed by atoms with Crippen LogP contribution in [0, 0.1) is 0 Å². The number of nitrogens with one attached hydrogen (secondary N) is 1. The van der Waals surface area contributed by atoms with Crippen LogP contribution in [0.25, 0.3) is 0 Å². The second-order valence-electron chi connectivity index (χ2n) is 3.34. The van der Waals surface area contributed by atoms with E-state index in [1.807, 2.05) is 4.90 Å². The topological polar surface area (TPSA) is 79.1 Å². The summed E-state index contributed by atoms with van der Waals surface area (Å²) in [5, 5.41) is 23.7. The Kier molecular flexibility index (Phi) is 2.60. The predicted octanol–water partition coefficient (Wildman–Crippen LogP) is -2.02. The van der Waals surface area contributed by atoms with Gasteiger partial charge in [-0.1, -0.05) is 5.10 Å². The third kappa shape index (κ3) is 1.55. The molecule has 2 rings (SSSR count). The van der Waals surface area contributed by atoms with Gasteiger partial charge in [-0.05, 0) is 10.4 Å². The smallest absolute Gasteiger partial charge is 0.245 e. The number of anilines is 1. The molecule has 7 nitrogen and oxygen atoms in total. The zero-order chi connectivity index (χ0) is 9.97. The highest BCUT2D eigenvalue weighted by Gasteiger charge is 2.24. The molecule has 0 radical (unpaired) electrons. The molecular weight excluding hydrogens is 184 g/mol. The highest BCUT2D eigenvalue weighted by atomic mass is 16.3. The van der Waals surface area contributed by atoms with Crippen molar-refractivity contribution >= 4 is 5.95 Å². The molecule has 78 valence electrons. The zero-order valence-corrected chi connectivity index (χ0v) is 8.09. The fourth-order valence-electron chi connectivity index (χ4n) is 1.66. The maximum atomic E-state index is 9.19. The van der Waals surface area contributed by atoms with Gasteiger partial charge >= 0.3 is 0 Å². The maximum Gasteiger partial charge on any atom is 0.245 e. The first kappa shape index (κ1) is 9.35. The zero-order valence-electron chi connectivity index (χ0n) is 8.09. The second kappa shape index (κ2) is 3.89. The van der Waals surface area contributed by atoms with Crippen molar-refractivity contribution in [2.24, 2.45) is 7.05 Å². The van der Waals surface area contributed by atoms with Crippen LogP contribution in [-0.4, -0.2) is 57.6 Å². The molecule has 2 N–H and O–H groups in total. The third-order valence-corrected chi connectivity index (χ3v) is 2.42. The van der Waals surface area contributed by atoms with Gasteiger partial charge in [0.1, 0.15) is 0 Å². The van der Waals surface area contributed by atoms with Crippen LogP contribution in [0.1, 0.15) is 0 Å². The van der Waals surface area contributed by atoms with Gasteiger partial charge in [-0.25, -0.2) is 4.68 Å². The molecule has 1 atom stereocenters. The van der Waals surface area contributed by atoms with Gasteiger partial charge in [0.15, 0.2) is 0 Å². The lowest BCUT2D eigenvalue weighted by molar-refractivity contribution is 0.244. The van der Waals surface area contributed by atoms with Crippen LogP contribution in [0.3, 0.4) is 0 Å². The molecule has 1 aromatic heterocycles. The van der Waals surface area contributed by atoms with E-state index in [-0.39, 0.29) is 12.6 Å². The fourth-order valence-corrected chi connectivity index (χ4v) is 1.66. The average Bonchev–Trinajstić information content (AvgIpc) is 2.64. The Bertz CT molecular complexity index is 300. The number of aliphatic hydroxyl groups excluding tert-OH is 1. The minimum Gasteiger partial charge on any atom is -0.394 e. The number of aromatic nitrogens is 4. The van der Waals surface area contributed by atoms with Gasteiger partial charge in [0, 0.05) is 26.7 Å². The Morgan fingerprint density at radius 2 is 2.50 bits per heavy atom. The first-order valence-corrected chi connectivity index (χ1v) is 4.63. The molecule has 0 amide bonds. The van der Waals surface area contributed by atoms with E-state index in [1.54, 1.807) is 11.7 Å². The molecule has 1 aliphatic heterocycles. The summed E-state index contributed by atoms with van der Waals surface area (Å²) in [6.07, 6.45) is 0. The van der Waals surface area contributed by atoms with Crippen molar-refractivity contribution < 1.29 is 5.11 Å². The quantitative estimate of drug-likeness (QED) is 0.571. The SMILES string of the molecule is Cn1nnnc1N1CCNC[C@H]1CO. The number of hydrogen-bond acceptors (Lipinski definition) is 6.